The predicted molar refractivity (Wildman–Crippen MR) is 128 cm³/mol. The maximum Gasteiger partial charge on any atom is 0.241 e. The van der Waals surface area contributed by atoms with Gasteiger partial charge < -0.3 is 15.2 Å². The molecule has 11 heteroatoms. The molecule has 0 spiro atoms. The van der Waals surface area contributed by atoms with Crippen LogP contribution in [0.2, 0.25) is 10.0 Å². The van der Waals surface area contributed by atoms with E-state index in [1.807, 2.05) is 0 Å². The smallest absolute Gasteiger partial charge is 0.241 e. The minimum Gasteiger partial charge on any atom is -0.457 e. The maximum atomic E-state index is 12.9. The summed E-state index contributed by atoms with van der Waals surface area (Å²) in [4.78, 5) is 11.7. The number of halogens is 3. The normalized spacial score (nSPS) is 21.0. The first kappa shape index (κ1) is 25.6. The quantitative estimate of drug-likeness (QED) is 0.459. The molecule has 1 amide bonds. The Morgan fingerprint density at radius 2 is 1.88 bits per heavy atom. The van der Waals surface area contributed by atoms with Crippen molar-refractivity contribution >= 4 is 50.7 Å². The van der Waals surface area contributed by atoms with Crippen molar-refractivity contribution in [3.63, 3.8) is 0 Å². The van der Waals surface area contributed by atoms with Gasteiger partial charge in [0.2, 0.25) is 15.9 Å². The fraction of sp³-hybridized carbons (Fsp3) is 0.227. The number of alkyl halides is 1. The van der Waals surface area contributed by atoms with Crippen molar-refractivity contribution in [1.29, 1.82) is 0 Å². The second-order valence-electron chi connectivity index (χ2n) is 7.31. The van der Waals surface area contributed by atoms with Gasteiger partial charge in [-0.1, -0.05) is 59.1 Å². The Bertz CT molecular complexity index is 1200. The van der Waals surface area contributed by atoms with E-state index in [1.165, 1.54) is 30.4 Å². The van der Waals surface area contributed by atoms with E-state index in [1.54, 1.807) is 43.3 Å². The third-order valence-electron chi connectivity index (χ3n) is 4.62. The molecular weight excluding hydrogens is 511 g/mol. The van der Waals surface area contributed by atoms with Crippen molar-refractivity contribution in [2.24, 2.45) is 11.7 Å². The van der Waals surface area contributed by atoms with Crippen LogP contribution in [-0.2, 0) is 19.6 Å². The average Bonchev–Trinajstić information content (AvgIpc) is 2.75. The number of carbonyl (C=O) groups is 1. The minimum absolute atomic E-state index is 0.0111. The number of nitrogens with one attached hydrogen (secondary N) is 1. The number of rotatable bonds is 9. The standard InChI is InChI=1S/C22H21Cl3N2O5S/c1-14(13-31-22(25)10-3-2-7-18(22)21(26)28)27-33(29,30)17-6-4-5-15(11-17)32-16-8-9-19(23)20(24)12-16/h2-12,14,18,27H,13H2,1H3,(H2,26,28)/t14-,18?,22?/m0/s1. The first-order valence-corrected chi connectivity index (χ1v) is 12.4. The third-order valence-corrected chi connectivity index (χ3v) is 7.42. The Morgan fingerprint density at radius 3 is 2.58 bits per heavy atom. The highest BCUT2D eigenvalue weighted by Gasteiger charge is 2.39. The number of benzene rings is 2. The molecule has 2 aromatic carbocycles. The molecule has 0 bridgehead atoms. The number of carbonyl (C=O) groups excluding carboxylic acids is 1. The van der Waals surface area contributed by atoms with Crippen molar-refractivity contribution in [3.05, 3.63) is 76.8 Å². The van der Waals surface area contributed by atoms with Gasteiger partial charge in [-0.25, -0.2) is 13.1 Å². The van der Waals surface area contributed by atoms with Gasteiger partial charge in [-0.05, 0) is 37.3 Å². The van der Waals surface area contributed by atoms with Gasteiger partial charge in [0.25, 0.3) is 0 Å². The number of ether oxygens (including phenoxy) is 2. The van der Waals surface area contributed by atoms with Crippen LogP contribution in [0.15, 0.2) is 71.7 Å². The first-order valence-electron chi connectivity index (χ1n) is 9.74. The van der Waals surface area contributed by atoms with Crippen LogP contribution >= 0.6 is 34.8 Å². The summed E-state index contributed by atoms with van der Waals surface area (Å²) in [6.45, 7) is 1.50. The Hall–Kier alpha value is -2.07. The van der Waals surface area contributed by atoms with Crippen LogP contribution in [0.3, 0.4) is 0 Å². The molecule has 3 atom stereocenters. The number of primary amides is 1. The molecule has 0 aromatic heterocycles. The summed E-state index contributed by atoms with van der Waals surface area (Å²) in [6, 6.07) is 10.0. The van der Waals surface area contributed by atoms with Gasteiger partial charge in [0.05, 0.1) is 21.5 Å². The van der Waals surface area contributed by atoms with Crippen LogP contribution in [0.25, 0.3) is 0 Å². The summed E-state index contributed by atoms with van der Waals surface area (Å²) in [7, 11) is -3.92. The molecule has 3 N–H and O–H groups in total. The van der Waals surface area contributed by atoms with Crippen molar-refractivity contribution in [3.8, 4) is 11.5 Å². The molecular formula is C22H21Cl3N2O5S. The van der Waals surface area contributed by atoms with Gasteiger partial charge in [-0.15, -0.1) is 0 Å². The number of nitrogens with two attached hydrogens (primary N) is 1. The Kier molecular flexibility index (Phi) is 8.10. The summed E-state index contributed by atoms with van der Waals surface area (Å²) in [5, 5.41) is -0.804. The molecule has 2 aromatic rings. The highest BCUT2D eigenvalue weighted by Crippen LogP contribution is 2.33. The molecule has 1 aliphatic rings. The topological polar surface area (TPSA) is 108 Å². The van der Waals surface area contributed by atoms with Crippen LogP contribution < -0.4 is 15.2 Å². The minimum atomic E-state index is -3.92. The van der Waals surface area contributed by atoms with Crippen LogP contribution in [0.1, 0.15) is 6.92 Å². The number of amides is 1. The molecule has 0 aliphatic heterocycles. The molecule has 176 valence electrons. The SMILES string of the molecule is C[C@@H](COC1(Cl)C=CC=CC1C(N)=O)NS(=O)(=O)c1cccc(Oc2ccc(Cl)c(Cl)c2)c1. The highest BCUT2D eigenvalue weighted by molar-refractivity contribution is 7.89. The van der Waals surface area contributed by atoms with E-state index in [9.17, 15) is 13.2 Å². The lowest BCUT2D eigenvalue weighted by molar-refractivity contribution is -0.125. The van der Waals surface area contributed by atoms with Gasteiger partial charge in [0, 0.05) is 18.2 Å². The number of sulfonamides is 1. The lowest BCUT2D eigenvalue weighted by Gasteiger charge is -2.31. The van der Waals surface area contributed by atoms with Crippen molar-refractivity contribution in [2.75, 3.05) is 6.61 Å². The van der Waals surface area contributed by atoms with Gasteiger partial charge in [-0.2, -0.15) is 0 Å². The average molecular weight is 532 g/mol. The van der Waals surface area contributed by atoms with Gasteiger partial charge in [0.15, 0.2) is 5.06 Å². The third kappa shape index (κ3) is 6.50. The van der Waals surface area contributed by atoms with Crippen LogP contribution in [0.5, 0.6) is 11.5 Å². The molecule has 0 heterocycles. The molecule has 3 rings (SSSR count). The van der Waals surface area contributed by atoms with E-state index in [4.69, 9.17) is 50.0 Å². The van der Waals surface area contributed by atoms with Gasteiger partial charge in [0.1, 0.15) is 17.4 Å². The summed E-state index contributed by atoms with van der Waals surface area (Å²) in [5.41, 5.74) is 5.39. The summed E-state index contributed by atoms with van der Waals surface area (Å²) in [5.74, 6) is -0.844. The molecule has 2 unspecified atom stereocenters. The first-order chi connectivity index (χ1) is 15.5. The maximum absolute atomic E-state index is 12.9. The van der Waals surface area contributed by atoms with Crippen LogP contribution in [-0.4, -0.2) is 32.0 Å². The summed E-state index contributed by atoms with van der Waals surface area (Å²) >= 11 is 18.3. The molecule has 0 radical (unpaired) electrons. The molecule has 0 fully saturated rings. The molecule has 1 aliphatic carbocycles. The van der Waals surface area contributed by atoms with E-state index in [0.717, 1.165) is 0 Å². The Morgan fingerprint density at radius 1 is 1.15 bits per heavy atom. The van der Waals surface area contributed by atoms with E-state index >= 15 is 0 Å². The molecule has 0 saturated heterocycles. The largest absolute Gasteiger partial charge is 0.457 e. The summed E-state index contributed by atoms with van der Waals surface area (Å²) in [6.07, 6.45) is 6.29. The monoisotopic (exact) mass is 530 g/mol. The molecule has 7 nitrogen and oxygen atoms in total. The second kappa shape index (κ2) is 10.5. The zero-order chi connectivity index (χ0) is 24.2. The van der Waals surface area contributed by atoms with Crippen LogP contribution in [0, 0.1) is 5.92 Å². The Labute approximate surface area is 207 Å². The van der Waals surface area contributed by atoms with Crippen molar-refractivity contribution in [1.82, 2.24) is 4.72 Å². The van der Waals surface area contributed by atoms with E-state index < -0.39 is 33.0 Å². The van der Waals surface area contributed by atoms with Crippen LogP contribution in [0.4, 0.5) is 0 Å². The van der Waals surface area contributed by atoms with E-state index in [-0.39, 0.29) is 11.5 Å². The van der Waals surface area contributed by atoms with Crippen molar-refractivity contribution in [2.45, 2.75) is 22.9 Å². The van der Waals surface area contributed by atoms with Gasteiger partial charge >= 0.3 is 0 Å². The Balaban J connectivity index is 1.67. The lowest BCUT2D eigenvalue weighted by atomic mass is 9.96. The second-order valence-corrected chi connectivity index (χ2v) is 10.4. The van der Waals surface area contributed by atoms with E-state index in [2.05, 4.69) is 4.72 Å². The number of allylic oxidation sites excluding steroid dienone is 2. The summed E-state index contributed by atoms with van der Waals surface area (Å²) < 4.78 is 39.6. The zero-order valence-electron chi connectivity index (χ0n) is 17.4. The number of hydrogen-bond donors (Lipinski definition) is 2. The fourth-order valence-electron chi connectivity index (χ4n) is 3.02. The molecule has 0 saturated carbocycles. The fourth-order valence-corrected chi connectivity index (χ4v) is 4.89. The predicted octanol–water partition coefficient (Wildman–Crippen LogP) is 4.63. The van der Waals surface area contributed by atoms with Gasteiger partial charge in [-0.3, -0.25) is 4.79 Å². The number of hydrogen-bond acceptors (Lipinski definition) is 5. The van der Waals surface area contributed by atoms with E-state index in [0.29, 0.717) is 21.5 Å². The molecule has 33 heavy (non-hydrogen) atoms. The van der Waals surface area contributed by atoms with Crippen molar-refractivity contribution < 1.29 is 22.7 Å². The highest BCUT2D eigenvalue weighted by atomic mass is 35.5. The lowest BCUT2D eigenvalue weighted by Crippen LogP contribution is -2.45. The zero-order valence-corrected chi connectivity index (χ0v) is 20.5.